The molecule has 0 saturated carbocycles. The van der Waals surface area contributed by atoms with E-state index in [9.17, 15) is 14.4 Å². The molecule has 0 fully saturated rings. The van der Waals surface area contributed by atoms with E-state index in [-0.39, 0.29) is 5.91 Å². The molecule has 3 amide bonds. The first kappa shape index (κ1) is 26.4. The van der Waals surface area contributed by atoms with Gasteiger partial charge in [-0.3, -0.25) is 14.4 Å². The van der Waals surface area contributed by atoms with Gasteiger partial charge in [0.1, 0.15) is 6.61 Å². The highest BCUT2D eigenvalue weighted by molar-refractivity contribution is 9.10. The molecule has 186 valence electrons. The van der Waals surface area contributed by atoms with Gasteiger partial charge in [-0.15, -0.1) is 0 Å². The number of hydrogen-bond acceptors (Lipinski definition) is 6. The monoisotopic (exact) mass is 552 g/mol. The number of ether oxygens (including phenoxy) is 2. The van der Waals surface area contributed by atoms with Crippen molar-refractivity contribution in [3.05, 3.63) is 82.3 Å². The van der Waals surface area contributed by atoms with E-state index in [0.29, 0.717) is 46.1 Å². The molecule has 0 aliphatic carbocycles. The number of carbonyl (C=O) groups is 3. The van der Waals surface area contributed by atoms with Crippen molar-refractivity contribution in [2.75, 3.05) is 17.2 Å². The van der Waals surface area contributed by atoms with Crippen LogP contribution in [-0.2, 0) is 21.0 Å². The minimum atomic E-state index is -0.941. The molecule has 0 spiro atoms. The van der Waals surface area contributed by atoms with Crippen molar-refractivity contribution in [3.8, 4) is 11.5 Å². The molecule has 10 heteroatoms. The molecule has 0 aliphatic heterocycles. The molecule has 0 saturated heterocycles. The van der Waals surface area contributed by atoms with Crippen LogP contribution in [-0.4, -0.2) is 30.5 Å². The van der Waals surface area contributed by atoms with E-state index in [1.54, 1.807) is 36.4 Å². The van der Waals surface area contributed by atoms with Crippen molar-refractivity contribution in [3.63, 3.8) is 0 Å². The molecule has 0 aromatic heterocycles. The van der Waals surface area contributed by atoms with E-state index in [0.717, 1.165) is 5.56 Å². The molecule has 3 aromatic carbocycles. The van der Waals surface area contributed by atoms with Crippen LogP contribution in [0.2, 0.25) is 0 Å². The van der Waals surface area contributed by atoms with Gasteiger partial charge in [-0.25, -0.2) is 5.43 Å². The fourth-order valence-electron chi connectivity index (χ4n) is 3.04. The van der Waals surface area contributed by atoms with Crippen molar-refractivity contribution in [2.24, 2.45) is 5.10 Å². The fraction of sp³-hybridized carbons (Fsp3) is 0.154. The largest absolute Gasteiger partial charge is 0.490 e. The van der Waals surface area contributed by atoms with Crippen LogP contribution in [0.25, 0.3) is 0 Å². The molecule has 36 heavy (non-hydrogen) atoms. The van der Waals surface area contributed by atoms with E-state index >= 15 is 0 Å². The number of hydrogen-bond donors (Lipinski definition) is 3. The zero-order valence-electron chi connectivity index (χ0n) is 19.7. The zero-order valence-corrected chi connectivity index (χ0v) is 21.3. The highest BCUT2D eigenvalue weighted by atomic mass is 79.9. The summed E-state index contributed by atoms with van der Waals surface area (Å²) in [6.07, 6.45) is 1.39. The highest BCUT2D eigenvalue weighted by Crippen LogP contribution is 2.37. The van der Waals surface area contributed by atoms with Crippen LogP contribution in [0.15, 0.2) is 76.3 Å². The second-order valence-corrected chi connectivity index (χ2v) is 8.30. The van der Waals surface area contributed by atoms with E-state index in [4.69, 9.17) is 9.47 Å². The van der Waals surface area contributed by atoms with Gasteiger partial charge in [-0.2, -0.15) is 5.10 Å². The summed E-state index contributed by atoms with van der Waals surface area (Å²) >= 11 is 3.50. The van der Waals surface area contributed by atoms with Crippen LogP contribution in [0.1, 0.15) is 25.0 Å². The van der Waals surface area contributed by atoms with E-state index in [1.165, 1.54) is 13.1 Å². The minimum absolute atomic E-state index is 0.209. The van der Waals surface area contributed by atoms with Crippen molar-refractivity contribution in [1.82, 2.24) is 5.43 Å². The Balaban J connectivity index is 1.60. The van der Waals surface area contributed by atoms with Gasteiger partial charge in [0.15, 0.2) is 11.5 Å². The molecule has 0 atom stereocenters. The second kappa shape index (κ2) is 13.1. The Kier molecular flexibility index (Phi) is 9.58. The molecule has 3 aromatic rings. The number of carbonyl (C=O) groups excluding carboxylic acids is 3. The Labute approximate surface area is 217 Å². The van der Waals surface area contributed by atoms with Crippen LogP contribution in [0.3, 0.4) is 0 Å². The molecule has 9 nitrogen and oxygen atoms in total. The Bertz CT molecular complexity index is 1250. The van der Waals surface area contributed by atoms with Crippen LogP contribution in [0, 0.1) is 0 Å². The number of nitrogens with one attached hydrogen (secondary N) is 3. The van der Waals surface area contributed by atoms with E-state index in [1.807, 2.05) is 37.3 Å². The lowest BCUT2D eigenvalue weighted by Gasteiger charge is -2.14. The molecule has 0 unspecified atom stereocenters. The first-order valence-electron chi connectivity index (χ1n) is 11.0. The van der Waals surface area contributed by atoms with Crippen molar-refractivity contribution in [2.45, 2.75) is 20.5 Å². The van der Waals surface area contributed by atoms with Gasteiger partial charge in [-0.05, 0) is 70.4 Å². The lowest BCUT2D eigenvalue weighted by atomic mass is 10.2. The highest BCUT2D eigenvalue weighted by Gasteiger charge is 2.14. The zero-order chi connectivity index (χ0) is 25.9. The summed E-state index contributed by atoms with van der Waals surface area (Å²) in [4.78, 5) is 35.3. The van der Waals surface area contributed by atoms with Gasteiger partial charge in [-0.1, -0.05) is 30.3 Å². The van der Waals surface area contributed by atoms with Gasteiger partial charge in [0.25, 0.3) is 0 Å². The summed E-state index contributed by atoms with van der Waals surface area (Å²) < 4.78 is 12.3. The number of nitrogens with zero attached hydrogens (tertiary/aromatic N) is 1. The van der Waals surface area contributed by atoms with Crippen LogP contribution < -0.4 is 25.5 Å². The quantitative estimate of drug-likeness (QED) is 0.205. The fourth-order valence-corrected chi connectivity index (χ4v) is 3.61. The molecule has 0 heterocycles. The SMILES string of the molecule is CCOc1cc(/C=N/NC(=O)C(=O)Nc2ccc(NC(C)=O)cc2)cc(Br)c1OCc1ccccc1. The van der Waals surface area contributed by atoms with Crippen LogP contribution in [0.4, 0.5) is 11.4 Å². The number of halogens is 1. The Morgan fingerprint density at radius 1 is 0.917 bits per heavy atom. The van der Waals surface area contributed by atoms with Gasteiger partial charge in [0, 0.05) is 18.3 Å². The van der Waals surface area contributed by atoms with Crippen molar-refractivity contribution < 1.29 is 23.9 Å². The molecule has 0 aliphatic rings. The summed E-state index contributed by atoms with van der Waals surface area (Å²) in [6.45, 7) is 4.05. The normalized spacial score (nSPS) is 10.5. The topological polar surface area (TPSA) is 118 Å². The predicted molar refractivity (Wildman–Crippen MR) is 141 cm³/mol. The summed E-state index contributed by atoms with van der Waals surface area (Å²) in [5.41, 5.74) is 4.79. The van der Waals surface area contributed by atoms with Crippen LogP contribution in [0.5, 0.6) is 11.5 Å². The maximum atomic E-state index is 12.1. The maximum absolute atomic E-state index is 12.1. The van der Waals surface area contributed by atoms with Gasteiger partial charge in [0.2, 0.25) is 5.91 Å². The summed E-state index contributed by atoms with van der Waals surface area (Å²) in [5.74, 6) is -0.982. The lowest BCUT2D eigenvalue weighted by Crippen LogP contribution is -2.32. The average Bonchev–Trinajstić information content (AvgIpc) is 2.85. The molecular formula is C26H25BrN4O5. The molecule has 3 rings (SSSR count). The first-order chi connectivity index (χ1) is 17.4. The third-order valence-electron chi connectivity index (χ3n) is 4.61. The first-order valence-corrected chi connectivity index (χ1v) is 11.8. The lowest BCUT2D eigenvalue weighted by molar-refractivity contribution is -0.136. The number of hydrazone groups is 1. The molecule has 0 radical (unpaired) electrons. The standard InChI is InChI=1S/C26H25BrN4O5/c1-3-35-23-14-19(13-22(27)24(23)36-16-18-7-5-4-6-8-18)15-28-31-26(34)25(33)30-21-11-9-20(10-12-21)29-17(2)32/h4-15H,3,16H2,1-2H3,(H,29,32)(H,30,33)(H,31,34)/b28-15+. The molecule has 0 bridgehead atoms. The van der Waals surface area contributed by atoms with Crippen molar-refractivity contribution in [1.29, 1.82) is 0 Å². The third-order valence-corrected chi connectivity index (χ3v) is 5.20. The Hall–Kier alpha value is -4.18. The minimum Gasteiger partial charge on any atom is -0.490 e. The summed E-state index contributed by atoms with van der Waals surface area (Å²) in [6, 6.07) is 19.6. The number of rotatable bonds is 9. The van der Waals surface area contributed by atoms with Gasteiger partial charge >= 0.3 is 11.8 Å². The van der Waals surface area contributed by atoms with E-state index < -0.39 is 11.8 Å². The smallest absolute Gasteiger partial charge is 0.329 e. The second-order valence-electron chi connectivity index (χ2n) is 7.45. The predicted octanol–water partition coefficient (Wildman–Crippen LogP) is 4.47. The van der Waals surface area contributed by atoms with Crippen LogP contribution >= 0.6 is 15.9 Å². The third kappa shape index (κ3) is 7.95. The average molecular weight is 553 g/mol. The number of anilines is 2. The van der Waals surface area contributed by atoms with Crippen molar-refractivity contribution >= 4 is 51.2 Å². The molecule has 3 N–H and O–H groups in total. The number of amides is 3. The van der Waals surface area contributed by atoms with E-state index in [2.05, 4.69) is 37.1 Å². The Morgan fingerprint density at radius 2 is 1.58 bits per heavy atom. The molecular weight excluding hydrogens is 528 g/mol. The Morgan fingerprint density at radius 3 is 2.22 bits per heavy atom. The maximum Gasteiger partial charge on any atom is 0.329 e. The summed E-state index contributed by atoms with van der Waals surface area (Å²) in [5, 5.41) is 8.94. The van der Waals surface area contributed by atoms with Gasteiger partial charge in [0.05, 0.1) is 17.3 Å². The summed E-state index contributed by atoms with van der Waals surface area (Å²) in [7, 11) is 0. The number of benzene rings is 3. The van der Waals surface area contributed by atoms with Gasteiger partial charge < -0.3 is 20.1 Å².